The van der Waals surface area contributed by atoms with E-state index in [-0.39, 0.29) is 41.4 Å². The summed E-state index contributed by atoms with van der Waals surface area (Å²) in [6.07, 6.45) is 4.43. The Kier molecular flexibility index (Phi) is 15.1. The summed E-state index contributed by atoms with van der Waals surface area (Å²) in [7, 11) is 7.75. The molecule has 0 spiro atoms. The van der Waals surface area contributed by atoms with E-state index in [1.807, 2.05) is 33.8 Å². The lowest BCUT2D eigenvalue weighted by Crippen LogP contribution is -2.63. The fraction of sp³-hybridized carbons (Fsp3) is 0.622. The average molecular weight is 751 g/mol. The molecule has 2 saturated heterocycles. The van der Waals surface area contributed by atoms with Crippen LogP contribution in [0.25, 0.3) is 0 Å². The highest BCUT2D eigenvalue weighted by Gasteiger charge is 2.56. The van der Waals surface area contributed by atoms with Crippen molar-refractivity contribution >= 4 is 41.2 Å². The lowest BCUT2D eigenvalue weighted by molar-refractivity contribution is -0.155. The lowest BCUT2D eigenvalue weighted by Gasteiger charge is -2.42. The van der Waals surface area contributed by atoms with Gasteiger partial charge in [0.05, 0.1) is 24.5 Å². The molecule has 0 bridgehead atoms. The van der Waals surface area contributed by atoms with Gasteiger partial charge in [-0.25, -0.2) is 9.59 Å². The van der Waals surface area contributed by atoms with Crippen molar-refractivity contribution in [1.82, 2.24) is 15.5 Å². The zero-order valence-electron chi connectivity index (χ0n) is 31.9. The fourth-order valence-electron chi connectivity index (χ4n) is 6.17. The van der Waals surface area contributed by atoms with Crippen LogP contribution < -0.4 is 20.3 Å². The molecule has 0 saturated carbocycles. The molecule has 52 heavy (non-hydrogen) atoms. The van der Waals surface area contributed by atoms with Gasteiger partial charge in [0.2, 0.25) is 5.91 Å². The summed E-state index contributed by atoms with van der Waals surface area (Å²) in [6, 6.07) is 2.64. The first kappa shape index (κ1) is 42.7. The van der Waals surface area contributed by atoms with Crippen LogP contribution in [-0.4, -0.2) is 118 Å². The monoisotopic (exact) mass is 750 g/mol. The summed E-state index contributed by atoms with van der Waals surface area (Å²) in [6.45, 7) is 9.45. The SMILES string of the molecule is CNCCCC(=O)N(C)[C@@H](C)C(=O)OCC(=O)N(C)c1cc(C/C(C)=C/C=C/[C@@H](OC)[C@@]2(O)C[C@@H]([C@@H](C)[C@@H]3OC3(C)C)OC(=O)N2)cc(OC)c1Cl. The summed E-state index contributed by atoms with van der Waals surface area (Å²) >= 11 is 6.61. The van der Waals surface area contributed by atoms with Gasteiger partial charge in [0.15, 0.2) is 12.3 Å². The van der Waals surface area contributed by atoms with Gasteiger partial charge in [0.25, 0.3) is 5.91 Å². The van der Waals surface area contributed by atoms with Gasteiger partial charge < -0.3 is 43.9 Å². The number of ether oxygens (including phenoxy) is 5. The molecule has 3 N–H and O–H groups in total. The number of alkyl carbamates (subject to hydrolysis) is 1. The van der Waals surface area contributed by atoms with E-state index < -0.39 is 48.6 Å². The maximum atomic E-state index is 13.1. The number of benzene rings is 1. The van der Waals surface area contributed by atoms with Crippen molar-refractivity contribution in [3.8, 4) is 5.75 Å². The van der Waals surface area contributed by atoms with Gasteiger partial charge in [-0.2, -0.15) is 0 Å². The molecule has 6 atom stereocenters. The number of carbonyl (C=O) groups excluding carboxylic acids is 4. The van der Waals surface area contributed by atoms with E-state index in [4.69, 9.17) is 35.3 Å². The van der Waals surface area contributed by atoms with Crippen molar-refractivity contribution in [3.05, 3.63) is 46.5 Å². The largest absolute Gasteiger partial charge is 0.495 e. The van der Waals surface area contributed by atoms with Crippen LogP contribution in [0.2, 0.25) is 5.02 Å². The Morgan fingerprint density at radius 3 is 2.46 bits per heavy atom. The summed E-state index contributed by atoms with van der Waals surface area (Å²) in [5.74, 6) is -1.22. The molecule has 14 nitrogen and oxygen atoms in total. The maximum Gasteiger partial charge on any atom is 0.409 e. The Balaban J connectivity index is 1.66. The van der Waals surface area contributed by atoms with Gasteiger partial charge in [-0.05, 0) is 71.8 Å². The van der Waals surface area contributed by atoms with Crippen LogP contribution in [0.1, 0.15) is 59.4 Å². The van der Waals surface area contributed by atoms with Gasteiger partial charge in [-0.3, -0.25) is 14.9 Å². The second kappa shape index (κ2) is 18.4. The van der Waals surface area contributed by atoms with Gasteiger partial charge in [-0.15, -0.1) is 0 Å². The Morgan fingerprint density at radius 2 is 1.87 bits per heavy atom. The number of epoxide rings is 1. The summed E-state index contributed by atoms with van der Waals surface area (Å²) < 4.78 is 27.6. The minimum atomic E-state index is -1.71. The zero-order valence-corrected chi connectivity index (χ0v) is 32.7. The maximum absolute atomic E-state index is 13.1. The number of methoxy groups -OCH3 is 2. The molecule has 1 aromatic carbocycles. The number of amides is 3. The number of nitrogens with zero attached hydrogens (tertiary/aromatic N) is 2. The van der Waals surface area contributed by atoms with E-state index in [2.05, 4.69) is 10.6 Å². The number of hydrogen-bond acceptors (Lipinski definition) is 11. The van der Waals surface area contributed by atoms with E-state index in [1.54, 1.807) is 38.3 Å². The minimum absolute atomic E-state index is 0.0884. The molecule has 0 aliphatic carbocycles. The molecule has 0 radical (unpaired) electrons. The highest BCUT2D eigenvalue weighted by Crippen LogP contribution is 2.44. The molecule has 2 fully saturated rings. The number of nitrogens with one attached hydrogen (secondary N) is 2. The van der Waals surface area contributed by atoms with E-state index in [0.717, 1.165) is 11.1 Å². The Morgan fingerprint density at radius 1 is 1.19 bits per heavy atom. The van der Waals surface area contributed by atoms with Crippen molar-refractivity contribution in [2.24, 2.45) is 5.92 Å². The van der Waals surface area contributed by atoms with Gasteiger partial charge in [-0.1, -0.05) is 42.3 Å². The molecule has 2 aliphatic rings. The second-order valence-corrected chi connectivity index (χ2v) is 14.4. The molecule has 290 valence electrons. The molecule has 3 rings (SSSR count). The van der Waals surface area contributed by atoms with Crippen LogP contribution in [0.15, 0.2) is 35.9 Å². The van der Waals surface area contributed by atoms with Gasteiger partial charge in [0.1, 0.15) is 29.0 Å². The molecule has 1 aromatic rings. The number of cyclic esters (lactones) is 1. The normalized spacial score (nSPS) is 22.8. The second-order valence-electron chi connectivity index (χ2n) is 14.0. The number of halogens is 1. The third-order valence-corrected chi connectivity index (χ3v) is 9.97. The first-order valence-electron chi connectivity index (χ1n) is 17.3. The molecule has 2 heterocycles. The number of hydrogen-bond donors (Lipinski definition) is 3. The summed E-state index contributed by atoms with van der Waals surface area (Å²) in [5.41, 5.74) is 0.0265. The predicted molar refractivity (Wildman–Crippen MR) is 196 cm³/mol. The Hall–Kier alpha value is -3.69. The minimum Gasteiger partial charge on any atom is -0.495 e. The number of esters is 1. The number of likely N-dealkylation sites (N-methyl/N-ethyl adjacent to an activating group) is 2. The fourth-order valence-corrected chi connectivity index (χ4v) is 6.48. The molecule has 3 amide bonds. The zero-order chi connectivity index (χ0) is 39.0. The topological polar surface area (TPSA) is 168 Å². The van der Waals surface area contributed by atoms with Crippen molar-refractivity contribution in [3.63, 3.8) is 0 Å². The van der Waals surface area contributed by atoms with Crippen LogP contribution in [0.3, 0.4) is 0 Å². The van der Waals surface area contributed by atoms with E-state index in [9.17, 15) is 24.3 Å². The van der Waals surface area contributed by atoms with Crippen molar-refractivity contribution in [1.29, 1.82) is 0 Å². The smallest absolute Gasteiger partial charge is 0.409 e. The predicted octanol–water partition coefficient (Wildman–Crippen LogP) is 3.76. The molecule has 15 heteroatoms. The van der Waals surface area contributed by atoms with Crippen LogP contribution in [0.5, 0.6) is 5.75 Å². The lowest BCUT2D eigenvalue weighted by atomic mass is 9.86. The number of aliphatic hydroxyl groups is 1. The van der Waals surface area contributed by atoms with Gasteiger partial charge >= 0.3 is 12.1 Å². The third-order valence-electron chi connectivity index (χ3n) is 9.59. The number of allylic oxidation sites excluding steroid dienone is 3. The van der Waals surface area contributed by atoms with Gasteiger partial charge in [0, 0.05) is 40.0 Å². The number of rotatable bonds is 18. The molecular weight excluding hydrogens is 696 g/mol. The van der Waals surface area contributed by atoms with Crippen molar-refractivity contribution in [2.45, 2.75) is 96.0 Å². The molecule has 0 unspecified atom stereocenters. The molecule has 2 aliphatic heterocycles. The van der Waals surface area contributed by atoms with Crippen LogP contribution in [-0.2, 0) is 39.8 Å². The third kappa shape index (κ3) is 10.9. The quantitative estimate of drug-likeness (QED) is 0.0865. The highest BCUT2D eigenvalue weighted by molar-refractivity contribution is 6.35. The Bertz CT molecular complexity index is 1520. The number of anilines is 1. The Labute approximate surface area is 311 Å². The van der Waals surface area contributed by atoms with E-state index in [0.29, 0.717) is 30.8 Å². The summed E-state index contributed by atoms with van der Waals surface area (Å²) in [5, 5.41) is 17.2. The van der Waals surface area contributed by atoms with Crippen molar-refractivity contribution in [2.75, 3.05) is 53.4 Å². The van der Waals surface area contributed by atoms with Crippen LogP contribution in [0, 0.1) is 5.92 Å². The first-order chi connectivity index (χ1) is 24.4. The van der Waals surface area contributed by atoms with Crippen molar-refractivity contribution < 1.29 is 48.0 Å². The first-order valence-corrected chi connectivity index (χ1v) is 17.7. The summed E-state index contributed by atoms with van der Waals surface area (Å²) in [4.78, 5) is 53.3. The average Bonchev–Trinajstić information content (AvgIpc) is 3.74. The molecular formula is C37H55ClN4O10. The standard InChI is InChI=1S/C37H55ClN4O10/c1-22(13-11-14-29(49-10)37(47)20-28(51-35(46)40-37)23(2)33-36(4,5)52-33)17-25-18-26(32(38)27(19-25)48-9)42(8)31(44)21-50-34(45)24(3)41(7)30(43)15-12-16-39-6/h11,13-14,18-19,23-24,28-29,33,39,47H,12,15-17,20-21H2,1-10H3,(H,40,46)/b14-11+,22-13+/t23-,24+,28+,29-,33+,37+/m1/s1. The highest BCUT2D eigenvalue weighted by atomic mass is 35.5. The van der Waals surface area contributed by atoms with Crippen LogP contribution >= 0.6 is 11.6 Å². The number of carbonyl (C=O) groups is 4. The van der Waals surface area contributed by atoms with E-state index in [1.165, 1.54) is 38.1 Å². The molecule has 0 aromatic heterocycles. The van der Waals surface area contributed by atoms with Crippen LogP contribution in [0.4, 0.5) is 10.5 Å². The van der Waals surface area contributed by atoms with E-state index >= 15 is 0 Å².